The fourth-order valence-corrected chi connectivity index (χ4v) is 4.11. The zero-order valence-corrected chi connectivity index (χ0v) is 12.4. The van der Waals surface area contributed by atoms with Crippen molar-refractivity contribution in [2.45, 2.75) is 12.5 Å². The Kier molecular flexibility index (Phi) is 4.10. The molecule has 0 radical (unpaired) electrons. The van der Waals surface area contributed by atoms with Gasteiger partial charge in [0.2, 0.25) is 0 Å². The zero-order chi connectivity index (χ0) is 14.9. The van der Waals surface area contributed by atoms with E-state index >= 15 is 0 Å². The first-order valence-corrected chi connectivity index (χ1v) is 8.16. The number of hydrogen-bond acceptors (Lipinski definition) is 6. The highest BCUT2D eigenvalue weighted by Crippen LogP contribution is 2.31. The number of nitrogens with two attached hydrogens (primary N) is 1. The summed E-state index contributed by atoms with van der Waals surface area (Å²) < 4.78 is 27.6. The molecule has 0 aliphatic carbocycles. The first-order valence-electron chi connectivity index (χ1n) is 5.96. The van der Waals surface area contributed by atoms with Crippen LogP contribution in [0.25, 0.3) is 0 Å². The summed E-state index contributed by atoms with van der Waals surface area (Å²) in [7, 11) is -1.77. The molecule has 0 bridgehead atoms. The summed E-state index contributed by atoms with van der Waals surface area (Å²) in [6, 6.07) is 2.67. The minimum Gasteiger partial charge on any atom is -0.465 e. The molecule has 1 aliphatic heterocycles. The summed E-state index contributed by atoms with van der Waals surface area (Å²) >= 11 is 6.09. The van der Waals surface area contributed by atoms with Crippen LogP contribution in [0, 0.1) is 0 Å². The summed E-state index contributed by atoms with van der Waals surface area (Å²) in [6.07, 6.45) is 0.476. The lowest BCUT2D eigenvalue weighted by Crippen LogP contribution is -2.22. The fraction of sp³-hybridized carbons (Fsp3) is 0.417. The maximum absolute atomic E-state index is 11.7. The van der Waals surface area contributed by atoms with Crippen molar-refractivity contribution in [2.75, 3.05) is 29.7 Å². The molecule has 1 aliphatic rings. The molecule has 1 aromatic rings. The Labute approximate surface area is 122 Å². The summed E-state index contributed by atoms with van der Waals surface area (Å²) in [6.45, 7) is 0. The van der Waals surface area contributed by atoms with Gasteiger partial charge in [-0.3, -0.25) is 0 Å². The summed E-state index contributed by atoms with van der Waals surface area (Å²) in [5.41, 5.74) is 6.54. The van der Waals surface area contributed by atoms with Crippen LogP contribution in [0.3, 0.4) is 0 Å². The van der Waals surface area contributed by atoms with Crippen LogP contribution in [0.4, 0.5) is 11.4 Å². The lowest BCUT2D eigenvalue weighted by Gasteiger charge is -2.17. The highest BCUT2D eigenvalue weighted by Gasteiger charge is 2.29. The van der Waals surface area contributed by atoms with Gasteiger partial charge in [-0.1, -0.05) is 11.6 Å². The molecule has 0 saturated carbocycles. The van der Waals surface area contributed by atoms with Gasteiger partial charge in [-0.25, -0.2) is 13.2 Å². The van der Waals surface area contributed by atoms with Crippen molar-refractivity contribution in [3.8, 4) is 0 Å². The van der Waals surface area contributed by atoms with Gasteiger partial charge in [-0.2, -0.15) is 0 Å². The van der Waals surface area contributed by atoms with E-state index in [0.29, 0.717) is 17.8 Å². The Morgan fingerprint density at radius 1 is 1.50 bits per heavy atom. The SMILES string of the molecule is COC(=O)c1cc(N)cc(Cl)c1NC1CCS(=O)(=O)C1. The zero-order valence-electron chi connectivity index (χ0n) is 10.8. The molecule has 1 heterocycles. The minimum atomic E-state index is -3.02. The average molecular weight is 319 g/mol. The number of carbonyl (C=O) groups excluding carboxylic acids is 1. The van der Waals surface area contributed by atoms with Crippen LogP contribution in [0.1, 0.15) is 16.8 Å². The number of hydrogen-bond donors (Lipinski definition) is 2. The largest absolute Gasteiger partial charge is 0.465 e. The van der Waals surface area contributed by atoms with E-state index in [1.54, 1.807) is 0 Å². The number of ether oxygens (including phenoxy) is 1. The molecule has 8 heteroatoms. The van der Waals surface area contributed by atoms with Crippen molar-refractivity contribution in [3.05, 3.63) is 22.7 Å². The third-order valence-electron chi connectivity index (χ3n) is 3.10. The molecule has 3 N–H and O–H groups in total. The molecule has 0 amide bonds. The molecule has 1 aromatic carbocycles. The number of anilines is 2. The number of rotatable bonds is 3. The summed E-state index contributed by atoms with van der Waals surface area (Å²) in [4.78, 5) is 11.7. The molecule has 110 valence electrons. The molecule has 20 heavy (non-hydrogen) atoms. The van der Waals surface area contributed by atoms with E-state index in [-0.39, 0.29) is 28.1 Å². The summed E-state index contributed by atoms with van der Waals surface area (Å²) in [5.74, 6) is -0.429. The Balaban J connectivity index is 2.33. The van der Waals surface area contributed by atoms with Gasteiger partial charge in [0.05, 0.1) is 34.9 Å². The predicted octanol–water partition coefficient (Wildman–Crippen LogP) is 1.31. The molecule has 6 nitrogen and oxygen atoms in total. The van der Waals surface area contributed by atoms with E-state index < -0.39 is 15.8 Å². The summed E-state index contributed by atoms with van der Waals surface area (Å²) in [5, 5.41) is 3.27. The third-order valence-corrected chi connectivity index (χ3v) is 5.16. The van der Waals surface area contributed by atoms with Crippen molar-refractivity contribution in [2.24, 2.45) is 0 Å². The maximum Gasteiger partial charge on any atom is 0.340 e. The number of esters is 1. The molecular weight excluding hydrogens is 304 g/mol. The molecule has 0 aromatic heterocycles. The molecule has 1 unspecified atom stereocenters. The van der Waals surface area contributed by atoms with Crippen LogP contribution in [0.2, 0.25) is 5.02 Å². The highest BCUT2D eigenvalue weighted by atomic mass is 35.5. The van der Waals surface area contributed by atoms with Crippen LogP contribution in [-0.2, 0) is 14.6 Å². The number of sulfone groups is 1. The van der Waals surface area contributed by atoms with Crippen molar-refractivity contribution in [3.63, 3.8) is 0 Å². The second kappa shape index (κ2) is 5.49. The van der Waals surface area contributed by atoms with E-state index in [9.17, 15) is 13.2 Å². The van der Waals surface area contributed by atoms with Crippen molar-refractivity contribution in [1.29, 1.82) is 0 Å². The molecule has 2 rings (SSSR count). The van der Waals surface area contributed by atoms with Crippen LogP contribution in [0.5, 0.6) is 0 Å². The standard InChI is InChI=1S/C12H15ClN2O4S/c1-19-12(16)9-4-7(14)5-10(13)11(9)15-8-2-3-20(17,18)6-8/h4-5,8,15H,2-3,6,14H2,1H3. The van der Waals surface area contributed by atoms with Gasteiger partial charge in [0.25, 0.3) is 0 Å². The number of halogens is 1. The number of methoxy groups -OCH3 is 1. The quantitative estimate of drug-likeness (QED) is 0.644. The van der Waals surface area contributed by atoms with E-state index in [2.05, 4.69) is 10.1 Å². The second-order valence-electron chi connectivity index (χ2n) is 4.66. The van der Waals surface area contributed by atoms with Crippen molar-refractivity contribution < 1.29 is 17.9 Å². The minimum absolute atomic E-state index is 0.0221. The van der Waals surface area contributed by atoms with Gasteiger partial charge in [-0.15, -0.1) is 0 Å². The van der Waals surface area contributed by atoms with Gasteiger partial charge < -0.3 is 15.8 Å². The van der Waals surface area contributed by atoms with Gasteiger partial charge in [0.15, 0.2) is 9.84 Å². The highest BCUT2D eigenvalue weighted by molar-refractivity contribution is 7.91. The van der Waals surface area contributed by atoms with Gasteiger partial charge in [-0.05, 0) is 18.6 Å². The van der Waals surface area contributed by atoms with Crippen LogP contribution in [-0.4, -0.2) is 39.0 Å². The molecule has 1 atom stereocenters. The molecule has 1 saturated heterocycles. The number of nitrogens with one attached hydrogen (secondary N) is 1. The van der Waals surface area contributed by atoms with Gasteiger partial charge in [0, 0.05) is 11.7 Å². The fourth-order valence-electron chi connectivity index (χ4n) is 2.16. The van der Waals surface area contributed by atoms with Crippen molar-refractivity contribution in [1.82, 2.24) is 0 Å². The van der Waals surface area contributed by atoms with Crippen LogP contribution >= 0.6 is 11.6 Å². The van der Waals surface area contributed by atoms with Gasteiger partial charge >= 0.3 is 5.97 Å². The van der Waals surface area contributed by atoms with E-state index in [1.807, 2.05) is 0 Å². The first-order chi connectivity index (χ1) is 9.32. The van der Waals surface area contributed by atoms with Crippen LogP contribution < -0.4 is 11.1 Å². The smallest absolute Gasteiger partial charge is 0.340 e. The first kappa shape index (κ1) is 14.9. The predicted molar refractivity (Wildman–Crippen MR) is 77.9 cm³/mol. The Hall–Kier alpha value is -1.47. The van der Waals surface area contributed by atoms with E-state index in [4.69, 9.17) is 17.3 Å². The normalized spacial score (nSPS) is 20.6. The Morgan fingerprint density at radius 3 is 2.75 bits per heavy atom. The maximum atomic E-state index is 11.7. The molecule has 0 spiro atoms. The lowest BCUT2D eigenvalue weighted by molar-refractivity contribution is 0.0602. The van der Waals surface area contributed by atoms with Crippen LogP contribution in [0.15, 0.2) is 12.1 Å². The van der Waals surface area contributed by atoms with E-state index in [1.165, 1.54) is 19.2 Å². The van der Waals surface area contributed by atoms with Gasteiger partial charge in [0.1, 0.15) is 0 Å². The Bertz CT molecular complexity index is 645. The monoisotopic (exact) mass is 318 g/mol. The number of benzene rings is 1. The number of nitrogen functional groups attached to an aromatic ring is 1. The molecule has 1 fully saturated rings. The van der Waals surface area contributed by atoms with E-state index in [0.717, 1.165) is 0 Å². The Morgan fingerprint density at radius 2 is 2.20 bits per heavy atom. The average Bonchev–Trinajstić information content (AvgIpc) is 2.71. The second-order valence-corrected chi connectivity index (χ2v) is 7.30. The molecular formula is C12H15ClN2O4S. The third kappa shape index (κ3) is 3.16. The lowest BCUT2D eigenvalue weighted by atomic mass is 10.1. The van der Waals surface area contributed by atoms with Crippen molar-refractivity contribution >= 4 is 38.8 Å². The topological polar surface area (TPSA) is 98.5 Å². The number of carbonyl (C=O) groups is 1.